The molecule has 1 aliphatic carbocycles. The summed E-state index contributed by atoms with van der Waals surface area (Å²) in [7, 11) is 0. The molecule has 7 aromatic rings. The van der Waals surface area contributed by atoms with Gasteiger partial charge in [0.15, 0.2) is 0 Å². The zero-order valence-electron chi connectivity index (χ0n) is 24.2. The van der Waals surface area contributed by atoms with E-state index in [1.165, 1.54) is 81.4 Å². The van der Waals surface area contributed by atoms with Crippen LogP contribution in [0.3, 0.4) is 0 Å². The molecule has 0 unspecified atom stereocenters. The molecule has 1 heterocycles. The lowest BCUT2D eigenvalue weighted by molar-refractivity contribution is 1.04. The Kier molecular flexibility index (Phi) is 5.95. The molecule has 44 heavy (non-hydrogen) atoms. The van der Waals surface area contributed by atoms with Gasteiger partial charge in [-0.05, 0) is 104 Å². The monoisotopic (exact) mass is 579 g/mol. The second-order valence-corrected chi connectivity index (χ2v) is 12.7. The minimum Gasteiger partial charge on any atom is -0.308 e. The van der Waals surface area contributed by atoms with Crippen molar-refractivity contribution in [3.8, 4) is 11.1 Å². The molecule has 0 radical (unpaired) electrons. The van der Waals surface area contributed by atoms with Crippen LogP contribution in [0.25, 0.3) is 49.0 Å². The molecule has 0 amide bonds. The summed E-state index contributed by atoms with van der Waals surface area (Å²) in [6, 6.07) is 49.2. The minimum atomic E-state index is 1.06. The Labute approximate surface area is 261 Å². The largest absolute Gasteiger partial charge is 0.308 e. The molecule has 1 nitrogen and oxygen atoms in total. The molecule has 9 rings (SSSR count). The van der Waals surface area contributed by atoms with Crippen LogP contribution in [0.5, 0.6) is 0 Å². The summed E-state index contributed by atoms with van der Waals surface area (Å²) in [6.07, 6.45) is 9.18. The van der Waals surface area contributed by atoms with Crippen LogP contribution in [0.2, 0.25) is 0 Å². The Bertz CT molecular complexity index is 2250. The molecule has 0 saturated heterocycles. The van der Waals surface area contributed by atoms with Crippen LogP contribution >= 0.6 is 11.8 Å². The normalized spacial score (nSPS) is 14.1. The Morgan fingerprint density at radius 2 is 1.00 bits per heavy atom. The van der Waals surface area contributed by atoms with Crippen LogP contribution in [0.4, 0.5) is 17.1 Å². The maximum atomic E-state index is 2.46. The lowest BCUT2D eigenvalue weighted by Crippen LogP contribution is -2.16. The van der Waals surface area contributed by atoms with Gasteiger partial charge in [-0.2, -0.15) is 0 Å². The summed E-state index contributed by atoms with van der Waals surface area (Å²) in [5.74, 6) is 0. The number of benzene rings is 7. The van der Waals surface area contributed by atoms with Crippen molar-refractivity contribution in [1.82, 2.24) is 0 Å². The number of hydrogen-bond donors (Lipinski definition) is 0. The number of rotatable bonds is 3. The summed E-state index contributed by atoms with van der Waals surface area (Å²) < 4.78 is 0. The number of nitrogens with zero attached hydrogens (tertiary/aromatic N) is 1. The Balaban J connectivity index is 1.27. The van der Waals surface area contributed by atoms with Crippen molar-refractivity contribution in [1.29, 1.82) is 0 Å². The van der Waals surface area contributed by atoms with Crippen molar-refractivity contribution in [2.45, 2.75) is 22.6 Å². The van der Waals surface area contributed by atoms with E-state index in [1.807, 2.05) is 11.8 Å². The first-order valence-electron chi connectivity index (χ1n) is 15.3. The first-order chi connectivity index (χ1) is 21.8. The average Bonchev–Trinajstić information content (AvgIpc) is 3.11. The second-order valence-electron chi connectivity index (χ2n) is 11.6. The Morgan fingerprint density at radius 3 is 1.64 bits per heavy atom. The van der Waals surface area contributed by atoms with Gasteiger partial charge in [0.1, 0.15) is 0 Å². The van der Waals surface area contributed by atoms with Crippen molar-refractivity contribution in [2.24, 2.45) is 0 Å². The van der Waals surface area contributed by atoms with Crippen molar-refractivity contribution < 1.29 is 0 Å². The topological polar surface area (TPSA) is 3.24 Å². The van der Waals surface area contributed by atoms with Gasteiger partial charge in [-0.15, -0.1) is 0 Å². The number of hydrogen-bond acceptors (Lipinski definition) is 2. The molecule has 0 atom stereocenters. The maximum Gasteiger partial charge on any atom is 0.0601 e. The SMILES string of the molecule is C1=CC(c2cc(-c3ccc4c5ccccc5c5ccccc5c4c3)ccc2N2c3ccccc3Sc3ccccc32)=CCC1. The number of allylic oxidation sites excluding steroid dienone is 4. The molecular formula is C42H29NS. The molecule has 0 spiro atoms. The molecule has 0 fully saturated rings. The third-order valence-corrected chi connectivity index (χ3v) is 10.2. The van der Waals surface area contributed by atoms with Crippen LogP contribution in [0, 0.1) is 0 Å². The summed E-state index contributed by atoms with van der Waals surface area (Å²) in [5.41, 5.74) is 8.70. The van der Waals surface area contributed by atoms with Gasteiger partial charge in [0.05, 0.1) is 17.1 Å². The van der Waals surface area contributed by atoms with Gasteiger partial charge in [-0.3, -0.25) is 0 Å². The van der Waals surface area contributed by atoms with Gasteiger partial charge < -0.3 is 4.90 Å². The third-order valence-electron chi connectivity index (χ3n) is 9.05. The lowest BCUT2D eigenvalue weighted by atomic mass is 9.90. The van der Waals surface area contributed by atoms with Gasteiger partial charge in [0, 0.05) is 15.4 Å². The van der Waals surface area contributed by atoms with E-state index in [-0.39, 0.29) is 0 Å². The molecule has 0 bridgehead atoms. The van der Waals surface area contributed by atoms with Crippen LogP contribution in [0.15, 0.2) is 161 Å². The summed E-state index contributed by atoms with van der Waals surface area (Å²) in [6.45, 7) is 0. The highest BCUT2D eigenvalue weighted by molar-refractivity contribution is 7.99. The molecule has 0 N–H and O–H groups in total. The summed E-state index contributed by atoms with van der Waals surface area (Å²) in [5, 5.41) is 7.83. The van der Waals surface area contributed by atoms with Crippen molar-refractivity contribution >= 4 is 66.7 Å². The van der Waals surface area contributed by atoms with Crippen LogP contribution in [-0.2, 0) is 0 Å². The molecule has 208 valence electrons. The molecular weight excluding hydrogens is 551 g/mol. The smallest absolute Gasteiger partial charge is 0.0601 e. The van der Waals surface area contributed by atoms with Gasteiger partial charge in [-0.1, -0.05) is 121 Å². The fourth-order valence-corrected chi connectivity index (χ4v) is 8.06. The van der Waals surface area contributed by atoms with Crippen LogP contribution in [-0.4, -0.2) is 0 Å². The zero-order valence-corrected chi connectivity index (χ0v) is 25.0. The molecule has 2 aliphatic rings. The molecule has 0 aromatic heterocycles. The van der Waals surface area contributed by atoms with E-state index in [0.717, 1.165) is 12.8 Å². The lowest BCUT2D eigenvalue weighted by Gasteiger charge is -2.34. The molecule has 1 aliphatic heterocycles. The van der Waals surface area contributed by atoms with Gasteiger partial charge in [0.25, 0.3) is 0 Å². The van der Waals surface area contributed by atoms with Crippen LogP contribution < -0.4 is 4.90 Å². The van der Waals surface area contributed by atoms with E-state index in [1.54, 1.807) is 0 Å². The quantitative estimate of drug-likeness (QED) is 0.192. The predicted octanol–water partition coefficient (Wildman–Crippen LogP) is 12.5. The predicted molar refractivity (Wildman–Crippen MR) is 190 cm³/mol. The van der Waals surface area contributed by atoms with E-state index < -0.39 is 0 Å². The Hall–Kier alpha value is -5.05. The van der Waals surface area contributed by atoms with E-state index in [2.05, 4.69) is 157 Å². The third kappa shape index (κ3) is 4.02. The van der Waals surface area contributed by atoms with Gasteiger partial charge in [-0.25, -0.2) is 0 Å². The van der Waals surface area contributed by atoms with Crippen molar-refractivity contribution in [3.05, 3.63) is 157 Å². The summed E-state index contributed by atoms with van der Waals surface area (Å²) >= 11 is 1.85. The first kappa shape index (κ1) is 25.4. The average molecular weight is 580 g/mol. The standard InChI is InChI=1S/C42H29NS/c1-2-12-28(13-3-1)36-26-30(23-25-38(36)43-39-18-8-10-20-41(39)44-42-21-11-9-19-40(42)43)29-22-24-35-33-16-5-4-14-31(33)32-15-6-7-17-34(32)37(35)27-29/h2,4-27H,1,3H2. The fraction of sp³-hybridized carbons (Fsp3) is 0.0476. The zero-order chi connectivity index (χ0) is 29.0. The number of para-hydroxylation sites is 2. The van der Waals surface area contributed by atoms with E-state index >= 15 is 0 Å². The molecule has 2 heteroatoms. The van der Waals surface area contributed by atoms with Gasteiger partial charge >= 0.3 is 0 Å². The molecule has 7 aromatic carbocycles. The van der Waals surface area contributed by atoms with E-state index in [9.17, 15) is 0 Å². The Morgan fingerprint density at radius 1 is 0.455 bits per heavy atom. The highest BCUT2D eigenvalue weighted by atomic mass is 32.2. The minimum absolute atomic E-state index is 1.06. The number of fused-ring (bicyclic) bond motifs is 8. The van der Waals surface area contributed by atoms with Gasteiger partial charge in [0.2, 0.25) is 0 Å². The first-order valence-corrected chi connectivity index (χ1v) is 16.2. The highest BCUT2D eigenvalue weighted by Gasteiger charge is 2.27. The number of anilines is 3. The van der Waals surface area contributed by atoms with E-state index in [4.69, 9.17) is 0 Å². The highest BCUT2D eigenvalue weighted by Crippen LogP contribution is 2.53. The van der Waals surface area contributed by atoms with Crippen molar-refractivity contribution in [3.63, 3.8) is 0 Å². The summed E-state index contributed by atoms with van der Waals surface area (Å²) in [4.78, 5) is 5.02. The maximum absolute atomic E-state index is 2.46. The van der Waals surface area contributed by atoms with Crippen LogP contribution in [0.1, 0.15) is 18.4 Å². The van der Waals surface area contributed by atoms with Crippen molar-refractivity contribution in [2.75, 3.05) is 4.90 Å². The fourth-order valence-electron chi connectivity index (χ4n) is 7.01. The molecule has 0 saturated carbocycles. The van der Waals surface area contributed by atoms with E-state index in [0.29, 0.717) is 0 Å². The second kappa shape index (κ2) is 10.3.